The molecule has 8 nitrogen and oxygen atoms in total. The Labute approximate surface area is 180 Å². The summed E-state index contributed by atoms with van der Waals surface area (Å²) in [7, 11) is 0. The van der Waals surface area contributed by atoms with Crippen molar-refractivity contribution in [2.45, 2.75) is 63.3 Å². The second kappa shape index (κ2) is 12.5. The molecule has 0 heterocycles. The monoisotopic (exact) mass is 506 g/mol. The molecule has 0 aliphatic rings. The quantitative estimate of drug-likeness (QED) is 0.253. The average Bonchev–Trinajstić information content (AvgIpc) is 2.65. The number of esters is 2. The minimum Gasteiger partial charge on any atom is -0.464 e. The molecule has 17 heteroatoms. The van der Waals surface area contributed by atoms with E-state index in [4.69, 9.17) is 0 Å². The normalized spacial score (nSPS) is 14.1. The first kappa shape index (κ1) is 30.2. The molecule has 2 atom stereocenters. The van der Waals surface area contributed by atoms with Crippen molar-refractivity contribution in [3.05, 3.63) is 0 Å². The Morgan fingerprint density at radius 1 is 0.818 bits per heavy atom. The minimum absolute atomic E-state index is 0.276. The van der Waals surface area contributed by atoms with Gasteiger partial charge in [-0.3, -0.25) is 9.59 Å². The number of rotatable bonds is 11. The van der Waals surface area contributed by atoms with Gasteiger partial charge in [-0.05, 0) is 19.3 Å². The first-order valence-corrected chi connectivity index (χ1v) is 9.06. The Morgan fingerprint density at radius 3 is 1.82 bits per heavy atom. The van der Waals surface area contributed by atoms with Crippen LogP contribution in [-0.2, 0) is 28.7 Å². The van der Waals surface area contributed by atoms with Gasteiger partial charge in [0.25, 0.3) is 0 Å². The summed E-state index contributed by atoms with van der Waals surface area (Å²) in [6, 6.07) is -2.10. The molecule has 2 unspecified atom stereocenters. The summed E-state index contributed by atoms with van der Waals surface area (Å²) in [5.74, 6) is -9.48. The molecule has 2 amide bonds. The maximum Gasteiger partial charge on any atom is 0.490 e. The van der Waals surface area contributed by atoms with Gasteiger partial charge < -0.3 is 20.1 Å². The molecule has 0 aliphatic carbocycles. The first-order chi connectivity index (χ1) is 14.9. The van der Waals surface area contributed by atoms with E-state index in [0.717, 1.165) is 5.32 Å². The van der Waals surface area contributed by atoms with Crippen LogP contribution in [0, 0.1) is 0 Å². The highest BCUT2D eigenvalue weighted by atomic mass is 19.4. The number of hydrogen-bond acceptors (Lipinski definition) is 6. The molecule has 0 aliphatic heterocycles. The number of ether oxygens (including phenoxy) is 2. The zero-order valence-corrected chi connectivity index (χ0v) is 16.7. The summed E-state index contributed by atoms with van der Waals surface area (Å²) in [6.45, 7) is 0.0679. The zero-order chi connectivity index (χ0) is 26.0. The smallest absolute Gasteiger partial charge is 0.464 e. The van der Waals surface area contributed by atoms with Gasteiger partial charge in [0, 0.05) is 0 Å². The number of amides is 2. The lowest BCUT2D eigenvalue weighted by Crippen LogP contribution is -2.48. The molecule has 0 radical (unpaired) electrons. The van der Waals surface area contributed by atoms with Crippen LogP contribution in [0.4, 0.5) is 39.5 Å². The van der Waals surface area contributed by atoms with Crippen LogP contribution in [0.1, 0.15) is 32.6 Å². The van der Waals surface area contributed by atoms with Crippen molar-refractivity contribution in [2.75, 3.05) is 13.2 Å². The Bertz CT molecular complexity index is 691. The second-order valence-corrected chi connectivity index (χ2v) is 6.36. The number of nitrogens with one attached hydrogen (secondary N) is 2. The van der Waals surface area contributed by atoms with E-state index in [2.05, 4.69) is 9.47 Å². The molecular formula is C16H19F9N2O6. The van der Waals surface area contributed by atoms with Gasteiger partial charge in [-0.2, -0.15) is 39.5 Å². The van der Waals surface area contributed by atoms with E-state index in [-0.39, 0.29) is 13.0 Å². The molecule has 0 fully saturated rings. The lowest BCUT2D eigenvalue weighted by atomic mass is 10.1. The first-order valence-electron chi connectivity index (χ1n) is 9.06. The van der Waals surface area contributed by atoms with Gasteiger partial charge in [0.05, 0.1) is 13.2 Å². The van der Waals surface area contributed by atoms with Crippen LogP contribution < -0.4 is 10.6 Å². The van der Waals surface area contributed by atoms with Crippen molar-refractivity contribution < 1.29 is 68.2 Å². The molecule has 0 aromatic rings. The largest absolute Gasteiger partial charge is 0.490 e. The third kappa shape index (κ3) is 12.2. The fourth-order valence-electron chi connectivity index (χ4n) is 1.99. The molecule has 33 heavy (non-hydrogen) atoms. The fourth-order valence-corrected chi connectivity index (χ4v) is 1.99. The topological polar surface area (TPSA) is 111 Å². The van der Waals surface area contributed by atoms with Crippen molar-refractivity contribution in [1.29, 1.82) is 0 Å². The zero-order valence-electron chi connectivity index (χ0n) is 16.7. The van der Waals surface area contributed by atoms with Crippen molar-refractivity contribution >= 4 is 23.8 Å². The Kier molecular flexibility index (Phi) is 11.4. The number of unbranched alkanes of at least 4 members (excludes halogenated alkanes) is 1. The van der Waals surface area contributed by atoms with Gasteiger partial charge in [0.2, 0.25) is 0 Å². The molecule has 192 valence electrons. The number of halogens is 9. The summed E-state index contributed by atoms with van der Waals surface area (Å²) in [5, 5.41) is 2.39. The van der Waals surface area contributed by atoms with E-state index in [1.54, 1.807) is 6.92 Å². The van der Waals surface area contributed by atoms with E-state index in [0.29, 0.717) is 6.42 Å². The lowest BCUT2D eigenvalue weighted by molar-refractivity contribution is -0.205. The molecule has 2 N–H and O–H groups in total. The summed E-state index contributed by atoms with van der Waals surface area (Å²) >= 11 is 0. The van der Waals surface area contributed by atoms with Gasteiger partial charge in [0.15, 0.2) is 0 Å². The van der Waals surface area contributed by atoms with E-state index < -0.39 is 73.8 Å². The van der Waals surface area contributed by atoms with Gasteiger partial charge in [-0.25, -0.2) is 9.59 Å². The van der Waals surface area contributed by atoms with Crippen LogP contribution >= 0.6 is 0 Å². The van der Waals surface area contributed by atoms with E-state index in [1.165, 1.54) is 5.32 Å². The van der Waals surface area contributed by atoms with Crippen LogP contribution in [0.2, 0.25) is 0 Å². The molecule has 0 saturated heterocycles. The SMILES string of the molecule is CCCCOC(=O)C(CCC(CNC(=O)C(F)(F)F)OC(=O)C(F)(F)F)NC(=O)C(F)(F)F. The number of alkyl halides is 9. The van der Waals surface area contributed by atoms with Crippen LogP contribution in [0.15, 0.2) is 0 Å². The highest BCUT2D eigenvalue weighted by Gasteiger charge is 2.44. The minimum atomic E-state index is -5.59. The predicted molar refractivity (Wildman–Crippen MR) is 88.1 cm³/mol. The van der Waals surface area contributed by atoms with Gasteiger partial charge in [-0.1, -0.05) is 13.3 Å². The summed E-state index contributed by atoms with van der Waals surface area (Å²) in [5.41, 5.74) is 0. The third-order valence-electron chi connectivity index (χ3n) is 3.62. The molecule has 0 saturated carbocycles. The highest BCUT2D eigenvalue weighted by molar-refractivity contribution is 5.87. The van der Waals surface area contributed by atoms with Crippen LogP contribution in [-0.4, -0.2) is 67.6 Å². The number of hydrogen-bond donors (Lipinski definition) is 2. The van der Waals surface area contributed by atoms with Crippen molar-refractivity contribution in [3.63, 3.8) is 0 Å². The van der Waals surface area contributed by atoms with Crippen LogP contribution in [0.3, 0.4) is 0 Å². The van der Waals surface area contributed by atoms with Crippen LogP contribution in [0.25, 0.3) is 0 Å². The molecule has 0 spiro atoms. The number of carbonyl (C=O) groups is 4. The molecule has 0 aromatic heterocycles. The van der Waals surface area contributed by atoms with E-state index in [9.17, 15) is 58.7 Å². The summed E-state index contributed by atoms with van der Waals surface area (Å²) in [4.78, 5) is 44.9. The van der Waals surface area contributed by atoms with E-state index in [1.807, 2.05) is 0 Å². The second-order valence-electron chi connectivity index (χ2n) is 6.36. The fraction of sp³-hybridized carbons (Fsp3) is 0.750. The Morgan fingerprint density at radius 2 is 1.36 bits per heavy atom. The van der Waals surface area contributed by atoms with Crippen molar-refractivity contribution in [2.24, 2.45) is 0 Å². The molecule has 0 rings (SSSR count). The Balaban J connectivity index is 5.45. The standard InChI is InChI=1S/C16H19F9N2O6/c1-2-3-6-32-10(28)9(27-12(30)15(20,21)22)5-4-8(33-13(31)16(23,24)25)7-26-11(29)14(17,18)19/h8-9H,2-7H2,1H3,(H,26,29)(H,27,30). The Hall–Kier alpha value is -2.75. The summed E-state index contributed by atoms with van der Waals surface area (Å²) < 4.78 is 120. The molecule has 0 bridgehead atoms. The predicted octanol–water partition coefficient (Wildman–Crippen LogP) is 2.31. The highest BCUT2D eigenvalue weighted by Crippen LogP contribution is 2.20. The van der Waals surface area contributed by atoms with Gasteiger partial charge in [0.1, 0.15) is 12.1 Å². The average molecular weight is 506 g/mol. The molecular weight excluding hydrogens is 487 g/mol. The van der Waals surface area contributed by atoms with Gasteiger partial charge in [-0.15, -0.1) is 0 Å². The lowest BCUT2D eigenvalue weighted by Gasteiger charge is -2.23. The third-order valence-corrected chi connectivity index (χ3v) is 3.62. The number of carbonyl (C=O) groups excluding carboxylic acids is 4. The van der Waals surface area contributed by atoms with Crippen molar-refractivity contribution in [3.8, 4) is 0 Å². The molecule has 0 aromatic carbocycles. The van der Waals surface area contributed by atoms with Crippen molar-refractivity contribution in [1.82, 2.24) is 10.6 Å². The van der Waals surface area contributed by atoms with E-state index >= 15 is 0 Å². The van der Waals surface area contributed by atoms with Gasteiger partial charge >= 0.3 is 42.3 Å². The summed E-state index contributed by atoms with van der Waals surface area (Å²) in [6.07, 6.45) is -19.8. The van der Waals surface area contributed by atoms with Crippen LogP contribution in [0.5, 0.6) is 0 Å². The maximum atomic E-state index is 12.5. The maximum absolute atomic E-state index is 12.5.